The van der Waals surface area contributed by atoms with E-state index >= 15 is 0 Å². The number of benzene rings is 1. The summed E-state index contributed by atoms with van der Waals surface area (Å²) in [6, 6.07) is 7.55. The third-order valence-electron chi connectivity index (χ3n) is 4.64. The molecule has 0 aromatic heterocycles. The van der Waals surface area contributed by atoms with Crippen molar-refractivity contribution in [2.75, 3.05) is 0 Å². The molecule has 4 rings (SSSR count). The summed E-state index contributed by atoms with van der Waals surface area (Å²) in [6.07, 6.45) is 6.67. The second-order valence-electron chi connectivity index (χ2n) is 5.78. The molecule has 0 N–H and O–H groups in total. The highest BCUT2D eigenvalue weighted by Gasteiger charge is 2.59. The van der Waals surface area contributed by atoms with Crippen LogP contribution in [0.2, 0.25) is 0 Å². The van der Waals surface area contributed by atoms with Gasteiger partial charge in [0.25, 0.3) is 11.8 Å². The maximum Gasteiger partial charge on any atom is 0.254 e. The molecule has 4 atom stereocenters. The second-order valence-corrected chi connectivity index (χ2v) is 6.70. The van der Waals surface area contributed by atoms with Crippen molar-refractivity contribution < 1.29 is 9.59 Å². The summed E-state index contributed by atoms with van der Waals surface area (Å²) in [5.74, 6) is -0.205. The maximum absolute atomic E-state index is 12.4. The van der Waals surface area contributed by atoms with Crippen molar-refractivity contribution in [3.05, 3.63) is 46.5 Å². The van der Waals surface area contributed by atoms with Crippen molar-refractivity contribution >= 4 is 34.0 Å². The second kappa shape index (κ2) is 4.63. The van der Waals surface area contributed by atoms with Crippen LogP contribution >= 0.6 is 15.9 Å². The van der Waals surface area contributed by atoms with Crippen LogP contribution in [0, 0.1) is 23.7 Å². The lowest BCUT2D eigenvalue weighted by molar-refractivity contribution is -0.140. The smallest absolute Gasteiger partial charge is 0.254 e. The predicted molar refractivity (Wildman–Crippen MR) is 81.3 cm³/mol. The highest BCUT2D eigenvalue weighted by Crippen LogP contribution is 2.52. The molecule has 1 heterocycles. The zero-order valence-corrected chi connectivity index (χ0v) is 12.7. The van der Waals surface area contributed by atoms with E-state index in [9.17, 15) is 9.59 Å². The van der Waals surface area contributed by atoms with Crippen LogP contribution in [0.5, 0.6) is 0 Å². The Morgan fingerprint density at radius 3 is 2.19 bits per heavy atom. The summed E-state index contributed by atoms with van der Waals surface area (Å²) >= 11 is 3.36. The van der Waals surface area contributed by atoms with E-state index in [-0.39, 0.29) is 35.5 Å². The topological polar surface area (TPSA) is 49.7 Å². The number of hydrogen-bond donors (Lipinski definition) is 0. The lowest BCUT2D eigenvalue weighted by Gasteiger charge is -2.13. The van der Waals surface area contributed by atoms with E-state index in [1.54, 1.807) is 6.21 Å². The van der Waals surface area contributed by atoms with Gasteiger partial charge >= 0.3 is 0 Å². The van der Waals surface area contributed by atoms with Gasteiger partial charge in [0.1, 0.15) is 0 Å². The first-order valence-corrected chi connectivity index (χ1v) is 7.80. The summed E-state index contributed by atoms with van der Waals surface area (Å²) < 4.78 is 0.977. The minimum Gasteiger partial charge on any atom is -0.272 e. The van der Waals surface area contributed by atoms with E-state index in [0.717, 1.165) is 21.5 Å². The normalized spacial score (nSPS) is 33.5. The van der Waals surface area contributed by atoms with Crippen molar-refractivity contribution in [1.29, 1.82) is 0 Å². The quantitative estimate of drug-likeness (QED) is 0.470. The summed E-state index contributed by atoms with van der Waals surface area (Å²) in [4.78, 5) is 24.8. The molecule has 2 fully saturated rings. The number of hydrazone groups is 1. The van der Waals surface area contributed by atoms with Crippen molar-refractivity contribution in [3.63, 3.8) is 0 Å². The summed E-state index contributed by atoms with van der Waals surface area (Å²) in [7, 11) is 0. The van der Waals surface area contributed by atoms with Gasteiger partial charge in [-0.15, -0.1) is 0 Å². The first-order chi connectivity index (χ1) is 10.1. The molecule has 1 saturated carbocycles. The highest BCUT2D eigenvalue weighted by atomic mass is 79.9. The van der Waals surface area contributed by atoms with E-state index in [1.807, 2.05) is 24.3 Å². The van der Waals surface area contributed by atoms with Gasteiger partial charge in [0.15, 0.2) is 0 Å². The first kappa shape index (κ1) is 13.0. The number of nitrogens with zero attached hydrogens (tertiary/aromatic N) is 2. The Balaban J connectivity index is 1.58. The Labute approximate surface area is 130 Å². The largest absolute Gasteiger partial charge is 0.272 e. The highest BCUT2D eigenvalue weighted by molar-refractivity contribution is 9.10. The van der Waals surface area contributed by atoms with Gasteiger partial charge in [0.2, 0.25) is 0 Å². The van der Waals surface area contributed by atoms with Crippen LogP contribution in [0.25, 0.3) is 0 Å². The summed E-state index contributed by atoms with van der Waals surface area (Å²) in [6.45, 7) is 0. The van der Waals surface area contributed by atoms with Crippen molar-refractivity contribution in [2.45, 2.75) is 6.42 Å². The van der Waals surface area contributed by atoms with Gasteiger partial charge in [-0.05, 0) is 36.0 Å². The Hall–Kier alpha value is -1.75. The molecule has 106 valence electrons. The average Bonchev–Trinajstić information content (AvgIpc) is 3.14. The first-order valence-electron chi connectivity index (χ1n) is 7.01. The summed E-state index contributed by atoms with van der Waals surface area (Å²) in [5, 5.41) is 5.20. The number of carbonyl (C=O) groups excluding carboxylic acids is 2. The molecule has 0 radical (unpaired) electrons. The number of imide groups is 1. The lowest BCUT2D eigenvalue weighted by Crippen LogP contribution is -2.28. The molecule has 0 spiro atoms. The molecule has 2 bridgehead atoms. The van der Waals surface area contributed by atoms with Gasteiger partial charge in [0, 0.05) is 4.47 Å². The molecule has 1 aromatic rings. The maximum atomic E-state index is 12.4. The van der Waals surface area contributed by atoms with Gasteiger partial charge in [-0.3, -0.25) is 9.59 Å². The number of amides is 2. The van der Waals surface area contributed by atoms with Gasteiger partial charge in [-0.25, -0.2) is 0 Å². The predicted octanol–water partition coefficient (Wildman–Crippen LogP) is 2.59. The number of carbonyl (C=O) groups is 2. The molecule has 4 nitrogen and oxygen atoms in total. The van der Waals surface area contributed by atoms with Crippen LogP contribution in [0.15, 0.2) is 46.0 Å². The standard InChI is InChI=1S/C16H13BrN2O2/c17-12-5-1-9(2-6-12)8-18-19-15(20)13-10-3-4-11(7-10)14(13)16(19)21/h1-6,8,10-11,13-14H,7H2/b18-8-/t10-,11-,13-,14+/m0/s1. The fraction of sp³-hybridized carbons (Fsp3) is 0.312. The van der Waals surface area contributed by atoms with Crippen LogP contribution in [0.3, 0.4) is 0 Å². The number of fused-ring (bicyclic) bond motifs is 5. The van der Waals surface area contributed by atoms with Crippen LogP contribution in [0.4, 0.5) is 0 Å². The molecule has 0 unspecified atom stereocenters. The van der Waals surface area contributed by atoms with E-state index in [1.165, 1.54) is 0 Å². The number of rotatable bonds is 2. The zero-order chi connectivity index (χ0) is 14.6. The van der Waals surface area contributed by atoms with Crippen LogP contribution in [-0.4, -0.2) is 23.0 Å². The average molecular weight is 345 g/mol. The molecule has 3 aliphatic rings. The zero-order valence-electron chi connectivity index (χ0n) is 11.1. The van der Waals surface area contributed by atoms with Gasteiger partial charge in [0.05, 0.1) is 18.1 Å². The van der Waals surface area contributed by atoms with Crippen LogP contribution in [-0.2, 0) is 9.59 Å². The summed E-state index contributed by atoms with van der Waals surface area (Å²) in [5.41, 5.74) is 0.858. The monoisotopic (exact) mass is 344 g/mol. The Bertz CT molecular complexity index is 650. The van der Waals surface area contributed by atoms with Crippen molar-refractivity contribution in [2.24, 2.45) is 28.8 Å². The van der Waals surface area contributed by atoms with E-state index < -0.39 is 0 Å². The molecule has 2 aliphatic carbocycles. The lowest BCUT2D eigenvalue weighted by atomic mass is 9.85. The van der Waals surface area contributed by atoms with Crippen molar-refractivity contribution in [1.82, 2.24) is 5.01 Å². The Morgan fingerprint density at radius 2 is 1.62 bits per heavy atom. The third kappa shape index (κ3) is 1.91. The Kier molecular flexibility index (Phi) is 2.85. The van der Waals surface area contributed by atoms with E-state index in [2.05, 4.69) is 33.2 Å². The molecule has 1 aliphatic heterocycles. The molecule has 1 aromatic carbocycles. The fourth-order valence-electron chi connectivity index (χ4n) is 3.67. The van der Waals surface area contributed by atoms with E-state index in [0.29, 0.717) is 0 Å². The molecular formula is C16H13BrN2O2. The SMILES string of the molecule is O=C1[C@@H]2[C@H](C(=O)N1/N=C\c1ccc(Br)cc1)[C@H]1C=C[C@H]2C1. The molecule has 21 heavy (non-hydrogen) atoms. The van der Waals surface area contributed by atoms with Gasteiger partial charge < -0.3 is 0 Å². The van der Waals surface area contributed by atoms with Gasteiger partial charge in [-0.1, -0.05) is 40.2 Å². The molecular weight excluding hydrogens is 332 g/mol. The number of hydrogen-bond acceptors (Lipinski definition) is 3. The van der Waals surface area contributed by atoms with Crippen molar-refractivity contribution in [3.8, 4) is 0 Å². The minimum atomic E-state index is -0.186. The molecule has 5 heteroatoms. The van der Waals surface area contributed by atoms with Crippen LogP contribution < -0.4 is 0 Å². The number of allylic oxidation sites excluding steroid dienone is 2. The molecule has 2 amide bonds. The van der Waals surface area contributed by atoms with Gasteiger partial charge in [-0.2, -0.15) is 10.1 Å². The van der Waals surface area contributed by atoms with E-state index in [4.69, 9.17) is 0 Å². The Morgan fingerprint density at radius 1 is 1.05 bits per heavy atom. The minimum absolute atomic E-state index is 0.143. The number of halogens is 1. The molecule has 1 saturated heterocycles. The fourth-order valence-corrected chi connectivity index (χ4v) is 3.94. The third-order valence-corrected chi connectivity index (χ3v) is 5.17. The van der Waals surface area contributed by atoms with Crippen LogP contribution in [0.1, 0.15) is 12.0 Å².